The van der Waals surface area contributed by atoms with Crippen LogP contribution in [0.15, 0.2) is 41.3 Å². The van der Waals surface area contributed by atoms with E-state index in [2.05, 4.69) is 0 Å². The van der Waals surface area contributed by atoms with Crippen molar-refractivity contribution in [2.45, 2.75) is 18.2 Å². The molecule has 1 aromatic carbocycles. The fraction of sp³-hybridized carbons (Fsp3) is 0.385. The lowest BCUT2D eigenvalue weighted by Crippen LogP contribution is -2.27. The summed E-state index contributed by atoms with van der Waals surface area (Å²) < 4.78 is 25.7. The summed E-state index contributed by atoms with van der Waals surface area (Å²) in [5, 5.41) is 0. The zero-order chi connectivity index (χ0) is 13.6. The van der Waals surface area contributed by atoms with E-state index in [1.807, 2.05) is 19.1 Å². The Labute approximate surface area is 114 Å². The van der Waals surface area contributed by atoms with E-state index < -0.39 is 10.0 Å². The summed E-state index contributed by atoms with van der Waals surface area (Å²) in [5.41, 5.74) is 1.04. The van der Waals surface area contributed by atoms with Gasteiger partial charge >= 0.3 is 0 Å². The van der Waals surface area contributed by atoms with E-state index in [0.717, 1.165) is 12.0 Å². The largest absolute Gasteiger partial charge is 0.243 e. The Morgan fingerprint density at radius 2 is 1.83 bits per heavy atom. The number of hydrogen-bond acceptors (Lipinski definition) is 2. The van der Waals surface area contributed by atoms with Crippen molar-refractivity contribution in [2.75, 3.05) is 19.5 Å². The zero-order valence-corrected chi connectivity index (χ0v) is 12.2. The molecule has 0 atom stereocenters. The van der Waals surface area contributed by atoms with Gasteiger partial charge < -0.3 is 0 Å². The lowest BCUT2D eigenvalue weighted by atomic mass is 10.2. The first-order valence-electron chi connectivity index (χ1n) is 5.72. The number of allylic oxidation sites excluding steroid dienone is 1. The van der Waals surface area contributed by atoms with Crippen molar-refractivity contribution < 1.29 is 8.42 Å². The summed E-state index contributed by atoms with van der Waals surface area (Å²) >= 11 is 5.53. The Morgan fingerprint density at radius 3 is 2.39 bits per heavy atom. The molecule has 0 amide bonds. The maximum Gasteiger partial charge on any atom is 0.243 e. The van der Waals surface area contributed by atoms with Gasteiger partial charge in [0.1, 0.15) is 0 Å². The SMILES string of the molecule is Cc1ccc(S(=O)(=O)N(C)C/C=C/CCCl)cc1. The predicted octanol–water partition coefficient (Wildman–Crippen LogP) is 2.80. The Hall–Kier alpha value is -0.840. The molecular formula is C13H18ClNO2S. The number of sulfonamides is 1. The zero-order valence-electron chi connectivity index (χ0n) is 10.6. The second kappa shape index (κ2) is 6.92. The van der Waals surface area contributed by atoms with Gasteiger partial charge in [0.25, 0.3) is 0 Å². The summed E-state index contributed by atoms with van der Waals surface area (Å²) in [6.45, 7) is 2.28. The van der Waals surface area contributed by atoms with Crippen molar-refractivity contribution >= 4 is 21.6 Å². The minimum Gasteiger partial charge on any atom is -0.207 e. The average Bonchev–Trinajstić information content (AvgIpc) is 2.35. The van der Waals surface area contributed by atoms with Gasteiger partial charge in [-0.15, -0.1) is 11.6 Å². The predicted molar refractivity (Wildman–Crippen MR) is 75.5 cm³/mol. The molecule has 5 heteroatoms. The van der Waals surface area contributed by atoms with Crippen LogP contribution in [0.5, 0.6) is 0 Å². The second-order valence-corrected chi connectivity index (χ2v) is 6.47. The smallest absolute Gasteiger partial charge is 0.207 e. The van der Waals surface area contributed by atoms with Crippen molar-refractivity contribution in [3.63, 3.8) is 0 Å². The Bertz CT molecular complexity index is 494. The Morgan fingerprint density at radius 1 is 1.22 bits per heavy atom. The molecule has 0 aliphatic rings. The van der Waals surface area contributed by atoms with E-state index in [1.165, 1.54) is 4.31 Å². The van der Waals surface area contributed by atoms with E-state index in [0.29, 0.717) is 17.3 Å². The highest BCUT2D eigenvalue weighted by atomic mass is 35.5. The summed E-state index contributed by atoms with van der Waals surface area (Å²) in [5.74, 6) is 0.547. The van der Waals surface area contributed by atoms with E-state index in [-0.39, 0.29) is 0 Å². The highest BCUT2D eigenvalue weighted by Gasteiger charge is 2.18. The number of benzene rings is 1. The third-order valence-electron chi connectivity index (χ3n) is 2.53. The Kier molecular flexibility index (Phi) is 5.85. The quantitative estimate of drug-likeness (QED) is 0.596. The molecule has 0 saturated heterocycles. The van der Waals surface area contributed by atoms with Crippen LogP contribution in [-0.4, -0.2) is 32.2 Å². The molecule has 0 aromatic heterocycles. The van der Waals surface area contributed by atoms with Crippen molar-refractivity contribution in [1.82, 2.24) is 4.31 Å². The molecule has 0 heterocycles. The van der Waals surface area contributed by atoms with Gasteiger partial charge in [0, 0.05) is 19.5 Å². The minimum atomic E-state index is -3.39. The van der Waals surface area contributed by atoms with Crippen LogP contribution in [0.2, 0.25) is 0 Å². The molecule has 3 nitrogen and oxygen atoms in total. The van der Waals surface area contributed by atoms with Gasteiger partial charge in [0.05, 0.1) is 4.90 Å². The van der Waals surface area contributed by atoms with Crippen LogP contribution in [0.3, 0.4) is 0 Å². The molecule has 0 N–H and O–H groups in total. The van der Waals surface area contributed by atoms with Crippen molar-refractivity contribution in [3.8, 4) is 0 Å². The maximum atomic E-state index is 12.2. The molecular weight excluding hydrogens is 270 g/mol. The summed E-state index contributed by atoms with van der Waals surface area (Å²) in [7, 11) is -1.82. The number of alkyl halides is 1. The third kappa shape index (κ3) is 4.12. The van der Waals surface area contributed by atoms with Gasteiger partial charge in [0.2, 0.25) is 10.0 Å². The molecule has 0 fully saturated rings. The van der Waals surface area contributed by atoms with Gasteiger partial charge in [-0.25, -0.2) is 8.42 Å². The lowest BCUT2D eigenvalue weighted by molar-refractivity contribution is 0.499. The molecule has 1 rings (SSSR count). The molecule has 0 radical (unpaired) electrons. The van der Waals surface area contributed by atoms with E-state index in [1.54, 1.807) is 31.3 Å². The summed E-state index contributed by atoms with van der Waals surface area (Å²) in [4.78, 5) is 0.321. The van der Waals surface area contributed by atoms with Gasteiger partial charge in [-0.05, 0) is 25.5 Å². The molecule has 18 heavy (non-hydrogen) atoms. The molecule has 0 unspecified atom stereocenters. The fourth-order valence-corrected chi connectivity index (χ4v) is 2.64. The van der Waals surface area contributed by atoms with Crippen LogP contribution in [0.25, 0.3) is 0 Å². The van der Waals surface area contributed by atoms with Crippen molar-refractivity contribution in [1.29, 1.82) is 0 Å². The lowest BCUT2D eigenvalue weighted by Gasteiger charge is -2.15. The number of halogens is 1. The average molecular weight is 288 g/mol. The van der Waals surface area contributed by atoms with Crippen LogP contribution in [0.4, 0.5) is 0 Å². The molecule has 100 valence electrons. The molecule has 0 aliphatic carbocycles. The van der Waals surface area contributed by atoms with Crippen LogP contribution < -0.4 is 0 Å². The van der Waals surface area contributed by atoms with E-state index >= 15 is 0 Å². The summed E-state index contributed by atoms with van der Waals surface area (Å²) in [6.07, 6.45) is 4.45. The van der Waals surface area contributed by atoms with Gasteiger partial charge in [-0.1, -0.05) is 29.8 Å². The second-order valence-electron chi connectivity index (χ2n) is 4.05. The minimum absolute atomic E-state index is 0.321. The van der Waals surface area contributed by atoms with Gasteiger partial charge in [0.15, 0.2) is 0 Å². The first-order chi connectivity index (χ1) is 8.48. The fourth-order valence-electron chi connectivity index (χ4n) is 1.39. The van der Waals surface area contributed by atoms with E-state index in [9.17, 15) is 8.42 Å². The normalized spacial score (nSPS) is 12.4. The third-order valence-corrected chi connectivity index (χ3v) is 4.59. The molecule has 0 spiro atoms. The Balaban J connectivity index is 2.77. The highest BCUT2D eigenvalue weighted by molar-refractivity contribution is 7.89. The monoisotopic (exact) mass is 287 g/mol. The first-order valence-corrected chi connectivity index (χ1v) is 7.70. The van der Waals surface area contributed by atoms with Crippen LogP contribution in [0, 0.1) is 6.92 Å². The van der Waals surface area contributed by atoms with Crippen molar-refractivity contribution in [3.05, 3.63) is 42.0 Å². The molecule has 0 saturated carbocycles. The van der Waals surface area contributed by atoms with Crippen LogP contribution in [-0.2, 0) is 10.0 Å². The number of nitrogens with zero attached hydrogens (tertiary/aromatic N) is 1. The molecule has 0 bridgehead atoms. The van der Waals surface area contributed by atoms with Crippen LogP contribution >= 0.6 is 11.6 Å². The van der Waals surface area contributed by atoms with Crippen LogP contribution in [0.1, 0.15) is 12.0 Å². The number of hydrogen-bond donors (Lipinski definition) is 0. The maximum absolute atomic E-state index is 12.2. The number of likely N-dealkylation sites (N-methyl/N-ethyl adjacent to an activating group) is 1. The molecule has 1 aromatic rings. The number of aryl methyl sites for hydroxylation is 1. The number of rotatable bonds is 6. The standard InChI is InChI=1S/C13H18ClNO2S/c1-12-6-8-13(9-7-12)18(16,17)15(2)11-5-3-4-10-14/h3,5-9H,4,10-11H2,1-2H3/b5-3+. The highest BCUT2D eigenvalue weighted by Crippen LogP contribution is 2.14. The van der Waals surface area contributed by atoms with Gasteiger partial charge in [-0.3, -0.25) is 0 Å². The van der Waals surface area contributed by atoms with Gasteiger partial charge in [-0.2, -0.15) is 4.31 Å². The van der Waals surface area contributed by atoms with Crippen molar-refractivity contribution in [2.24, 2.45) is 0 Å². The molecule has 0 aliphatic heterocycles. The van der Waals surface area contributed by atoms with E-state index in [4.69, 9.17) is 11.6 Å². The summed E-state index contributed by atoms with van der Waals surface area (Å²) in [6, 6.07) is 6.85. The topological polar surface area (TPSA) is 37.4 Å². The first kappa shape index (κ1) is 15.2.